The van der Waals surface area contributed by atoms with Crippen molar-refractivity contribution in [3.05, 3.63) is 47.0 Å². The lowest BCUT2D eigenvalue weighted by Crippen LogP contribution is -2.15. The van der Waals surface area contributed by atoms with Crippen LogP contribution in [0, 0.1) is 6.92 Å². The van der Waals surface area contributed by atoms with Crippen LogP contribution in [0.15, 0.2) is 30.3 Å². The largest absolute Gasteiger partial charge is 0.465 e. The summed E-state index contributed by atoms with van der Waals surface area (Å²) in [7, 11) is 4.47. The fourth-order valence-corrected chi connectivity index (χ4v) is 3.14. The maximum atomic E-state index is 12.4. The van der Waals surface area contributed by atoms with Gasteiger partial charge < -0.3 is 14.0 Å². The number of aromatic nitrogens is 1. The van der Waals surface area contributed by atoms with E-state index in [0.717, 1.165) is 16.3 Å². The normalized spacial score (nSPS) is 11.0. The average molecular weight is 311 g/mol. The van der Waals surface area contributed by atoms with Gasteiger partial charge >= 0.3 is 11.9 Å². The van der Waals surface area contributed by atoms with Crippen molar-refractivity contribution in [3.8, 4) is 0 Å². The van der Waals surface area contributed by atoms with Gasteiger partial charge in [0, 0.05) is 23.3 Å². The Balaban J connectivity index is 2.58. The second-order valence-electron chi connectivity index (χ2n) is 5.40. The molecule has 1 heterocycles. The molecule has 0 radical (unpaired) electrons. The van der Waals surface area contributed by atoms with Crippen LogP contribution in [0.1, 0.15) is 26.3 Å². The fourth-order valence-electron chi connectivity index (χ4n) is 3.14. The molecule has 0 atom stereocenters. The van der Waals surface area contributed by atoms with Crippen LogP contribution >= 0.6 is 0 Å². The first-order valence-corrected chi connectivity index (χ1v) is 7.18. The molecule has 1 aromatic heterocycles. The third-order valence-corrected chi connectivity index (χ3v) is 4.17. The van der Waals surface area contributed by atoms with Gasteiger partial charge in [0.15, 0.2) is 0 Å². The predicted octanol–water partition coefficient (Wildman–Crippen LogP) is 3.21. The molecule has 23 heavy (non-hydrogen) atoms. The van der Waals surface area contributed by atoms with E-state index in [1.165, 1.54) is 14.2 Å². The molecule has 0 spiro atoms. The average Bonchev–Trinajstić information content (AvgIpc) is 2.85. The van der Waals surface area contributed by atoms with Crippen molar-refractivity contribution in [2.75, 3.05) is 14.2 Å². The van der Waals surface area contributed by atoms with Crippen LogP contribution < -0.4 is 0 Å². The predicted molar refractivity (Wildman–Crippen MR) is 87.8 cm³/mol. The summed E-state index contributed by atoms with van der Waals surface area (Å²) < 4.78 is 11.7. The highest BCUT2D eigenvalue weighted by Gasteiger charge is 2.27. The van der Waals surface area contributed by atoms with E-state index < -0.39 is 11.9 Å². The summed E-state index contributed by atoms with van der Waals surface area (Å²) in [6.45, 7) is 1.79. The second-order valence-corrected chi connectivity index (χ2v) is 5.40. The number of carbonyl (C=O) groups is 2. The van der Waals surface area contributed by atoms with E-state index in [-0.39, 0.29) is 11.1 Å². The van der Waals surface area contributed by atoms with Crippen molar-refractivity contribution < 1.29 is 19.1 Å². The van der Waals surface area contributed by atoms with E-state index in [4.69, 9.17) is 9.47 Å². The maximum absolute atomic E-state index is 12.4. The molecule has 0 saturated heterocycles. The Labute approximate surface area is 133 Å². The first-order valence-electron chi connectivity index (χ1n) is 7.18. The molecule has 0 saturated carbocycles. The number of nitrogens with zero attached hydrogens (tertiary/aromatic N) is 1. The third kappa shape index (κ3) is 2.08. The summed E-state index contributed by atoms with van der Waals surface area (Å²) in [6.07, 6.45) is 0. The number of fused-ring (bicyclic) bond motifs is 3. The summed E-state index contributed by atoms with van der Waals surface area (Å²) >= 11 is 0. The Kier molecular flexibility index (Phi) is 3.56. The molecule has 118 valence electrons. The molecule has 0 N–H and O–H groups in total. The highest BCUT2D eigenvalue weighted by atomic mass is 16.5. The Hall–Kier alpha value is -2.82. The van der Waals surface area contributed by atoms with Gasteiger partial charge in [-0.05, 0) is 24.6 Å². The molecule has 5 heteroatoms. The first-order chi connectivity index (χ1) is 11.0. The van der Waals surface area contributed by atoms with Crippen LogP contribution in [-0.4, -0.2) is 30.7 Å². The molecule has 3 aromatic rings. The molecule has 0 bridgehead atoms. The maximum Gasteiger partial charge on any atom is 0.340 e. The number of methoxy groups -OCH3 is 2. The summed E-state index contributed by atoms with van der Waals surface area (Å²) in [4.78, 5) is 24.6. The van der Waals surface area contributed by atoms with Crippen molar-refractivity contribution in [2.24, 2.45) is 7.05 Å². The van der Waals surface area contributed by atoms with Gasteiger partial charge in [-0.2, -0.15) is 0 Å². The molecule has 0 aliphatic carbocycles. The molecule has 2 aromatic carbocycles. The van der Waals surface area contributed by atoms with Gasteiger partial charge in [-0.15, -0.1) is 0 Å². The molecular formula is C18H17NO4. The zero-order valence-electron chi connectivity index (χ0n) is 13.5. The minimum atomic E-state index is -0.551. The number of esters is 2. The van der Waals surface area contributed by atoms with Crippen LogP contribution in [-0.2, 0) is 16.5 Å². The van der Waals surface area contributed by atoms with Crippen LogP contribution in [0.4, 0.5) is 0 Å². The molecule has 3 rings (SSSR count). The smallest absolute Gasteiger partial charge is 0.340 e. The molecule has 0 unspecified atom stereocenters. The quantitative estimate of drug-likeness (QED) is 0.682. The van der Waals surface area contributed by atoms with Gasteiger partial charge in [0.25, 0.3) is 0 Å². The van der Waals surface area contributed by atoms with Crippen molar-refractivity contribution in [1.82, 2.24) is 4.57 Å². The van der Waals surface area contributed by atoms with Crippen molar-refractivity contribution >= 4 is 33.7 Å². The number of para-hydroxylation sites is 1. The van der Waals surface area contributed by atoms with Crippen molar-refractivity contribution in [2.45, 2.75) is 6.92 Å². The zero-order chi connectivity index (χ0) is 16.7. The van der Waals surface area contributed by atoms with E-state index in [0.29, 0.717) is 11.1 Å². The van der Waals surface area contributed by atoms with E-state index >= 15 is 0 Å². The Morgan fingerprint density at radius 1 is 0.957 bits per heavy atom. The number of rotatable bonds is 2. The number of carbonyl (C=O) groups excluding carboxylic acids is 2. The Bertz CT molecular complexity index is 953. The standard InChI is InChI=1S/C18H17NO4/c1-10-9-12-11-7-5-6-8-13(11)19(2)16(12)15(18(21)23-4)14(10)17(20)22-3/h5-9H,1-4H3. The molecule has 0 amide bonds. The third-order valence-electron chi connectivity index (χ3n) is 4.17. The van der Waals surface area contributed by atoms with E-state index in [1.807, 2.05) is 41.9 Å². The molecule has 0 fully saturated rings. The monoisotopic (exact) mass is 311 g/mol. The SMILES string of the molecule is COC(=O)c1c(C)cc2c3ccccc3n(C)c2c1C(=O)OC. The van der Waals surface area contributed by atoms with Gasteiger partial charge in [-0.3, -0.25) is 0 Å². The summed E-state index contributed by atoms with van der Waals surface area (Å²) in [6, 6.07) is 9.77. The summed E-state index contributed by atoms with van der Waals surface area (Å²) in [5.41, 5.74) is 2.82. The molecule has 5 nitrogen and oxygen atoms in total. The minimum Gasteiger partial charge on any atom is -0.465 e. The lowest BCUT2D eigenvalue weighted by molar-refractivity contribution is 0.0556. The number of hydrogen-bond donors (Lipinski definition) is 0. The summed E-state index contributed by atoms with van der Waals surface area (Å²) in [5.74, 6) is -1.10. The summed E-state index contributed by atoms with van der Waals surface area (Å²) in [5, 5.41) is 1.93. The highest BCUT2D eigenvalue weighted by molar-refractivity contribution is 6.19. The van der Waals surface area contributed by atoms with Crippen LogP contribution in [0.2, 0.25) is 0 Å². The fraction of sp³-hybridized carbons (Fsp3) is 0.222. The van der Waals surface area contributed by atoms with Crippen LogP contribution in [0.3, 0.4) is 0 Å². The topological polar surface area (TPSA) is 57.5 Å². The van der Waals surface area contributed by atoms with Crippen LogP contribution in [0.5, 0.6) is 0 Å². The number of benzene rings is 2. The zero-order valence-corrected chi connectivity index (χ0v) is 13.5. The molecular weight excluding hydrogens is 294 g/mol. The number of hydrogen-bond acceptors (Lipinski definition) is 4. The number of ether oxygens (including phenoxy) is 2. The van der Waals surface area contributed by atoms with Gasteiger partial charge in [0.2, 0.25) is 0 Å². The van der Waals surface area contributed by atoms with E-state index in [2.05, 4.69) is 0 Å². The van der Waals surface area contributed by atoms with Gasteiger partial charge in [-0.1, -0.05) is 18.2 Å². The number of aryl methyl sites for hydroxylation is 2. The first kappa shape index (κ1) is 15.1. The van der Waals surface area contributed by atoms with E-state index in [9.17, 15) is 9.59 Å². The van der Waals surface area contributed by atoms with Gasteiger partial charge in [0.05, 0.1) is 30.9 Å². The molecule has 0 aliphatic heterocycles. The lowest BCUT2D eigenvalue weighted by Gasteiger charge is -2.12. The van der Waals surface area contributed by atoms with E-state index in [1.54, 1.807) is 6.92 Å². The van der Waals surface area contributed by atoms with Gasteiger partial charge in [0.1, 0.15) is 0 Å². The highest BCUT2D eigenvalue weighted by Crippen LogP contribution is 2.34. The minimum absolute atomic E-state index is 0.244. The van der Waals surface area contributed by atoms with Crippen molar-refractivity contribution in [1.29, 1.82) is 0 Å². The van der Waals surface area contributed by atoms with Crippen molar-refractivity contribution in [3.63, 3.8) is 0 Å². The Morgan fingerprint density at radius 2 is 1.57 bits per heavy atom. The Morgan fingerprint density at radius 3 is 2.22 bits per heavy atom. The lowest BCUT2D eigenvalue weighted by atomic mass is 9.97. The van der Waals surface area contributed by atoms with Crippen LogP contribution in [0.25, 0.3) is 21.8 Å². The second kappa shape index (κ2) is 5.43. The molecule has 0 aliphatic rings. The van der Waals surface area contributed by atoms with Gasteiger partial charge in [-0.25, -0.2) is 9.59 Å².